The number of carboxylic acid groups (broad SMARTS) is 1. The van der Waals surface area contributed by atoms with Crippen LogP contribution in [0.5, 0.6) is 11.5 Å². The van der Waals surface area contributed by atoms with Gasteiger partial charge in [0, 0.05) is 11.3 Å². The quantitative estimate of drug-likeness (QED) is 0.598. The second-order valence-corrected chi connectivity index (χ2v) is 8.13. The number of aryl methyl sites for hydroxylation is 1. The summed E-state index contributed by atoms with van der Waals surface area (Å²) in [7, 11) is 0. The van der Waals surface area contributed by atoms with E-state index in [0.717, 1.165) is 30.0 Å². The summed E-state index contributed by atoms with van der Waals surface area (Å²) in [6.45, 7) is 2.01. The molecular weight excluding hydrogens is 413 g/mol. The molecule has 6 nitrogen and oxygen atoms in total. The maximum atomic E-state index is 14.6. The number of hydrogen-bond acceptors (Lipinski definition) is 4. The molecule has 2 aliphatic rings. The summed E-state index contributed by atoms with van der Waals surface area (Å²) in [4.78, 5) is 24.3. The van der Waals surface area contributed by atoms with Crippen LogP contribution in [-0.4, -0.2) is 23.8 Å². The summed E-state index contributed by atoms with van der Waals surface area (Å²) in [6, 6.07) is 14.7. The van der Waals surface area contributed by atoms with Gasteiger partial charge in [-0.05, 0) is 72.9 Å². The van der Waals surface area contributed by atoms with E-state index in [0.29, 0.717) is 22.7 Å². The standard InChI is InChI=1S/C25H20FNO5/c1-14-2-5-17(12-19(14)18-6-3-15(23(28)29)10-20(18)26)27-24(30)25(8-9-25)16-4-7-21-22(11-16)32-13-31-21/h2-7,10-12H,8-9,13H2,1H3,(H,27,30)(H,28,29). The molecule has 1 amide bonds. The van der Waals surface area contributed by atoms with Gasteiger partial charge in [-0.15, -0.1) is 0 Å². The average molecular weight is 433 g/mol. The number of benzene rings is 3. The van der Waals surface area contributed by atoms with Gasteiger partial charge in [-0.2, -0.15) is 0 Å². The van der Waals surface area contributed by atoms with E-state index >= 15 is 0 Å². The molecule has 1 heterocycles. The first-order valence-corrected chi connectivity index (χ1v) is 10.2. The molecule has 1 aliphatic heterocycles. The van der Waals surface area contributed by atoms with Crippen LogP contribution in [0.3, 0.4) is 0 Å². The zero-order valence-electron chi connectivity index (χ0n) is 17.3. The monoisotopic (exact) mass is 433 g/mol. The number of hydrogen-bond donors (Lipinski definition) is 2. The van der Waals surface area contributed by atoms with Crippen molar-refractivity contribution in [3.63, 3.8) is 0 Å². The molecule has 0 spiro atoms. The van der Waals surface area contributed by atoms with Crippen molar-refractivity contribution in [3.05, 3.63) is 77.1 Å². The van der Waals surface area contributed by atoms with Gasteiger partial charge in [0.25, 0.3) is 0 Å². The van der Waals surface area contributed by atoms with Gasteiger partial charge in [-0.25, -0.2) is 9.18 Å². The van der Waals surface area contributed by atoms with Crippen molar-refractivity contribution in [2.24, 2.45) is 0 Å². The van der Waals surface area contributed by atoms with Gasteiger partial charge < -0.3 is 19.9 Å². The van der Waals surface area contributed by atoms with Gasteiger partial charge in [0.2, 0.25) is 12.7 Å². The Morgan fingerprint density at radius 1 is 0.969 bits per heavy atom. The van der Waals surface area contributed by atoms with Gasteiger partial charge in [-0.3, -0.25) is 4.79 Å². The molecule has 3 aromatic carbocycles. The molecule has 162 valence electrons. The minimum absolute atomic E-state index is 0.118. The van der Waals surface area contributed by atoms with Crippen LogP contribution in [0.15, 0.2) is 54.6 Å². The number of carboxylic acids is 1. The van der Waals surface area contributed by atoms with Gasteiger partial charge in [0.15, 0.2) is 11.5 Å². The lowest BCUT2D eigenvalue weighted by atomic mass is 9.94. The predicted octanol–water partition coefficient (Wildman–Crippen LogP) is 4.90. The molecule has 32 heavy (non-hydrogen) atoms. The number of ether oxygens (including phenoxy) is 2. The molecule has 5 rings (SSSR count). The number of aromatic carboxylic acids is 1. The fourth-order valence-corrected chi connectivity index (χ4v) is 4.07. The number of anilines is 1. The van der Waals surface area contributed by atoms with Crippen molar-refractivity contribution >= 4 is 17.6 Å². The third kappa shape index (κ3) is 3.36. The van der Waals surface area contributed by atoms with E-state index in [1.165, 1.54) is 12.1 Å². The predicted molar refractivity (Wildman–Crippen MR) is 116 cm³/mol. The van der Waals surface area contributed by atoms with Crippen LogP contribution in [-0.2, 0) is 10.2 Å². The first-order chi connectivity index (χ1) is 15.4. The van der Waals surface area contributed by atoms with E-state index < -0.39 is 17.2 Å². The molecular formula is C25H20FNO5. The second-order valence-electron chi connectivity index (χ2n) is 8.13. The van der Waals surface area contributed by atoms with Crippen LogP contribution >= 0.6 is 0 Å². The molecule has 0 saturated heterocycles. The first-order valence-electron chi connectivity index (χ1n) is 10.2. The molecule has 1 aliphatic carbocycles. The number of fused-ring (bicyclic) bond motifs is 1. The number of halogens is 1. The fraction of sp³-hybridized carbons (Fsp3) is 0.200. The number of carbonyl (C=O) groups is 2. The summed E-state index contributed by atoms with van der Waals surface area (Å²) in [5.41, 5.74) is 2.35. The highest BCUT2D eigenvalue weighted by Crippen LogP contribution is 2.51. The lowest BCUT2D eigenvalue weighted by Crippen LogP contribution is -2.27. The summed E-state index contributed by atoms with van der Waals surface area (Å²) in [5, 5.41) is 12.0. The number of amides is 1. The Balaban J connectivity index is 1.42. The highest BCUT2D eigenvalue weighted by Gasteiger charge is 2.51. The molecule has 0 radical (unpaired) electrons. The van der Waals surface area contributed by atoms with Gasteiger partial charge in [0.05, 0.1) is 11.0 Å². The van der Waals surface area contributed by atoms with Crippen molar-refractivity contribution < 1.29 is 28.6 Å². The smallest absolute Gasteiger partial charge is 0.335 e. The maximum absolute atomic E-state index is 14.6. The molecule has 0 unspecified atom stereocenters. The Labute approximate surface area is 183 Å². The van der Waals surface area contributed by atoms with Crippen LogP contribution in [0.25, 0.3) is 11.1 Å². The Bertz CT molecular complexity index is 1270. The minimum atomic E-state index is -1.19. The summed E-state index contributed by atoms with van der Waals surface area (Å²) in [6.07, 6.45) is 1.45. The van der Waals surface area contributed by atoms with E-state index in [1.54, 1.807) is 18.2 Å². The number of rotatable bonds is 5. The molecule has 3 aromatic rings. The number of carbonyl (C=O) groups excluding carboxylic acids is 1. The highest BCUT2D eigenvalue weighted by atomic mass is 19.1. The Hall–Kier alpha value is -3.87. The van der Waals surface area contributed by atoms with Crippen LogP contribution in [0.4, 0.5) is 10.1 Å². The fourth-order valence-electron chi connectivity index (χ4n) is 4.07. The third-order valence-electron chi connectivity index (χ3n) is 6.11. The molecule has 1 fully saturated rings. The van der Waals surface area contributed by atoms with Crippen LogP contribution in [0, 0.1) is 12.7 Å². The summed E-state index contributed by atoms with van der Waals surface area (Å²) in [5.74, 6) is -0.640. The molecule has 0 aromatic heterocycles. The topological polar surface area (TPSA) is 84.9 Å². The van der Waals surface area contributed by atoms with E-state index in [4.69, 9.17) is 14.6 Å². The zero-order valence-corrected chi connectivity index (χ0v) is 17.3. The van der Waals surface area contributed by atoms with Crippen molar-refractivity contribution in [1.29, 1.82) is 0 Å². The minimum Gasteiger partial charge on any atom is -0.478 e. The van der Waals surface area contributed by atoms with Crippen molar-refractivity contribution in [3.8, 4) is 22.6 Å². The summed E-state index contributed by atoms with van der Waals surface area (Å²) >= 11 is 0. The SMILES string of the molecule is Cc1ccc(NC(=O)C2(c3ccc4c(c3)OCO4)CC2)cc1-c1ccc(C(=O)O)cc1F. The summed E-state index contributed by atoms with van der Waals surface area (Å²) < 4.78 is 25.4. The molecule has 2 N–H and O–H groups in total. The van der Waals surface area contributed by atoms with E-state index in [2.05, 4.69) is 5.32 Å². The Morgan fingerprint density at radius 3 is 2.47 bits per heavy atom. The lowest BCUT2D eigenvalue weighted by molar-refractivity contribution is -0.118. The van der Waals surface area contributed by atoms with E-state index in [-0.39, 0.29) is 23.8 Å². The van der Waals surface area contributed by atoms with Crippen LogP contribution < -0.4 is 14.8 Å². The molecule has 1 saturated carbocycles. The normalized spacial score (nSPS) is 15.3. The Kier molecular flexibility index (Phi) is 4.62. The molecule has 0 bridgehead atoms. The average Bonchev–Trinajstić information content (AvgIpc) is 3.46. The lowest BCUT2D eigenvalue weighted by Gasteiger charge is -2.17. The van der Waals surface area contributed by atoms with E-state index in [9.17, 15) is 14.0 Å². The van der Waals surface area contributed by atoms with E-state index in [1.807, 2.05) is 25.1 Å². The second kappa shape index (κ2) is 7.37. The number of nitrogens with one attached hydrogen (secondary N) is 1. The van der Waals surface area contributed by atoms with Crippen LogP contribution in [0.1, 0.15) is 34.3 Å². The van der Waals surface area contributed by atoms with Crippen molar-refractivity contribution in [2.45, 2.75) is 25.2 Å². The first kappa shape index (κ1) is 20.1. The van der Waals surface area contributed by atoms with Crippen molar-refractivity contribution in [2.75, 3.05) is 12.1 Å². The largest absolute Gasteiger partial charge is 0.478 e. The van der Waals surface area contributed by atoms with Gasteiger partial charge in [-0.1, -0.05) is 18.2 Å². The molecule has 0 atom stereocenters. The maximum Gasteiger partial charge on any atom is 0.335 e. The Morgan fingerprint density at radius 2 is 1.75 bits per heavy atom. The van der Waals surface area contributed by atoms with Crippen LogP contribution in [0.2, 0.25) is 0 Å². The molecule has 7 heteroatoms. The highest BCUT2D eigenvalue weighted by molar-refractivity contribution is 6.02. The van der Waals surface area contributed by atoms with Crippen molar-refractivity contribution in [1.82, 2.24) is 0 Å². The van der Waals surface area contributed by atoms with Gasteiger partial charge in [0.1, 0.15) is 5.82 Å². The third-order valence-corrected chi connectivity index (χ3v) is 6.11. The van der Waals surface area contributed by atoms with Gasteiger partial charge >= 0.3 is 5.97 Å². The zero-order chi connectivity index (χ0) is 22.5.